The molecule has 1 heteroatoms. The molecule has 0 amide bonds. The van der Waals surface area contributed by atoms with Crippen LogP contribution in [-0.4, -0.2) is 12.7 Å². The molecule has 0 bridgehead atoms. The second-order valence-corrected chi connectivity index (χ2v) is 3.83. The fraction of sp³-hybridized carbons (Fsp3) is 1.00. The molecule has 1 saturated heterocycles. The average molecular weight is 172 g/mol. The first kappa shape index (κ1) is 12.0. The number of unbranched alkanes of at least 4 members (excludes halogenated alkanes) is 1. The zero-order chi connectivity index (χ0) is 9.40. The summed E-state index contributed by atoms with van der Waals surface area (Å²) in [7, 11) is 0. The summed E-state index contributed by atoms with van der Waals surface area (Å²) in [6, 6.07) is 0. The molecule has 1 aliphatic rings. The Kier molecular flexibility index (Phi) is 7.58. The fourth-order valence-corrected chi connectivity index (χ4v) is 1.01. The van der Waals surface area contributed by atoms with E-state index in [1.165, 1.54) is 25.7 Å². The van der Waals surface area contributed by atoms with Gasteiger partial charge in [-0.2, -0.15) is 0 Å². The lowest BCUT2D eigenvalue weighted by molar-refractivity contribution is 0.000267. The van der Waals surface area contributed by atoms with Gasteiger partial charge in [-0.15, -0.1) is 0 Å². The highest BCUT2D eigenvalue weighted by Crippen LogP contribution is 2.16. The van der Waals surface area contributed by atoms with Crippen LogP contribution in [0.5, 0.6) is 0 Å². The topological polar surface area (TPSA) is 9.23 Å². The lowest BCUT2D eigenvalue weighted by atomic mass is 10.0. The highest BCUT2D eigenvalue weighted by Gasteiger charge is 2.13. The summed E-state index contributed by atoms with van der Waals surface area (Å²) in [5.74, 6) is 0.797. The van der Waals surface area contributed by atoms with Crippen LogP contribution >= 0.6 is 0 Å². The number of hydrogen-bond donors (Lipinski definition) is 0. The Morgan fingerprint density at radius 3 is 1.92 bits per heavy atom. The first-order valence-corrected chi connectivity index (χ1v) is 5.32. The van der Waals surface area contributed by atoms with Crippen LogP contribution in [0, 0.1) is 5.92 Å². The molecule has 0 spiro atoms. The fourth-order valence-electron chi connectivity index (χ4n) is 1.01. The van der Waals surface area contributed by atoms with Crippen LogP contribution in [0.25, 0.3) is 0 Å². The van der Waals surface area contributed by atoms with Crippen LogP contribution in [0.15, 0.2) is 0 Å². The van der Waals surface area contributed by atoms with Gasteiger partial charge in [0, 0.05) is 6.61 Å². The van der Waals surface area contributed by atoms with Gasteiger partial charge in [0.15, 0.2) is 0 Å². The molecule has 0 aliphatic carbocycles. The molecule has 0 aromatic carbocycles. The van der Waals surface area contributed by atoms with Crippen molar-refractivity contribution in [3.63, 3.8) is 0 Å². The van der Waals surface area contributed by atoms with E-state index in [1.807, 2.05) is 0 Å². The zero-order valence-corrected chi connectivity index (χ0v) is 9.10. The van der Waals surface area contributed by atoms with Crippen molar-refractivity contribution in [1.82, 2.24) is 0 Å². The molecule has 0 radical (unpaired) electrons. The Bertz CT molecular complexity index is 71.0. The van der Waals surface area contributed by atoms with Gasteiger partial charge in [0.05, 0.1) is 6.10 Å². The van der Waals surface area contributed by atoms with E-state index >= 15 is 0 Å². The van der Waals surface area contributed by atoms with Gasteiger partial charge in [0.25, 0.3) is 0 Å². The molecule has 1 rings (SSSR count). The van der Waals surface area contributed by atoms with Crippen LogP contribution in [0.3, 0.4) is 0 Å². The molecule has 1 nitrogen and oxygen atoms in total. The number of rotatable bonds is 1. The smallest absolute Gasteiger partial charge is 0.0547 e. The molecule has 12 heavy (non-hydrogen) atoms. The highest BCUT2D eigenvalue weighted by atomic mass is 16.5. The van der Waals surface area contributed by atoms with Crippen molar-refractivity contribution in [3.05, 3.63) is 0 Å². The van der Waals surface area contributed by atoms with Crippen LogP contribution < -0.4 is 0 Å². The minimum atomic E-state index is 0.520. The van der Waals surface area contributed by atoms with E-state index in [1.54, 1.807) is 0 Å². The van der Waals surface area contributed by atoms with Crippen molar-refractivity contribution in [3.8, 4) is 0 Å². The van der Waals surface area contributed by atoms with Gasteiger partial charge < -0.3 is 4.74 Å². The Balaban J connectivity index is 0.000000261. The van der Waals surface area contributed by atoms with Crippen molar-refractivity contribution < 1.29 is 4.74 Å². The summed E-state index contributed by atoms with van der Waals surface area (Å²) < 4.78 is 5.39. The van der Waals surface area contributed by atoms with E-state index < -0.39 is 0 Å². The van der Waals surface area contributed by atoms with Crippen molar-refractivity contribution in [2.45, 2.75) is 59.5 Å². The molecule has 2 atom stereocenters. The maximum Gasteiger partial charge on any atom is 0.0547 e. The normalized spacial score (nSPS) is 29.0. The Hall–Kier alpha value is -0.0400. The van der Waals surface area contributed by atoms with Crippen LogP contribution in [0.4, 0.5) is 0 Å². The zero-order valence-electron chi connectivity index (χ0n) is 9.10. The molecule has 0 saturated carbocycles. The summed E-state index contributed by atoms with van der Waals surface area (Å²) in [5, 5.41) is 0. The lowest BCUT2D eigenvalue weighted by Crippen LogP contribution is -2.21. The second kappa shape index (κ2) is 7.60. The summed E-state index contributed by atoms with van der Waals surface area (Å²) in [6.07, 6.45) is 5.76. The standard InChI is InChI=1S/C7H14O.C4H10/c1-6-3-4-7(2)8-5-6;1-3-4-2/h6-7H,3-5H2,1-2H3;3-4H2,1-2H3. The van der Waals surface area contributed by atoms with Crippen molar-refractivity contribution >= 4 is 0 Å². The molecule has 74 valence electrons. The predicted octanol–water partition coefficient (Wildman–Crippen LogP) is 3.63. The lowest BCUT2D eigenvalue weighted by Gasteiger charge is -2.23. The van der Waals surface area contributed by atoms with E-state index in [0.717, 1.165) is 12.5 Å². The Morgan fingerprint density at radius 2 is 1.67 bits per heavy atom. The predicted molar refractivity (Wildman–Crippen MR) is 54.4 cm³/mol. The SMILES string of the molecule is CC1CCC(C)OC1.CCCC. The largest absolute Gasteiger partial charge is 0.378 e. The summed E-state index contributed by atoms with van der Waals surface area (Å²) in [4.78, 5) is 0. The summed E-state index contributed by atoms with van der Waals surface area (Å²) in [5.41, 5.74) is 0. The first-order chi connectivity index (χ1) is 5.70. The van der Waals surface area contributed by atoms with E-state index in [4.69, 9.17) is 4.74 Å². The maximum absolute atomic E-state index is 5.39. The highest BCUT2D eigenvalue weighted by molar-refractivity contribution is 4.62. The van der Waals surface area contributed by atoms with Crippen LogP contribution in [0.1, 0.15) is 53.4 Å². The Labute approximate surface area is 77.5 Å². The van der Waals surface area contributed by atoms with Crippen molar-refractivity contribution in [1.29, 1.82) is 0 Å². The molecule has 0 aromatic rings. The molecule has 0 aromatic heterocycles. The minimum absolute atomic E-state index is 0.520. The van der Waals surface area contributed by atoms with Crippen LogP contribution in [-0.2, 0) is 4.74 Å². The third-order valence-corrected chi connectivity index (χ3v) is 2.23. The number of hydrogen-bond acceptors (Lipinski definition) is 1. The molecular formula is C11H24O. The molecular weight excluding hydrogens is 148 g/mol. The monoisotopic (exact) mass is 172 g/mol. The molecule has 0 N–H and O–H groups in total. The second-order valence-electron chi connectivity index (χ2n) is 3.83. The molecule has 1 heterocycles. The van der Waals surface area contributed by atoms with E-state index in [9.17, 15) is 0 Å². The van der Waals surface area contributed by atoms with Crippen molar-refractivity contribution in [2.24, 2.45) is 5.92 Å². The van der Waals surface area contributed by atoms with Gasteiger partial charge in [0.2, 0.25) is 0 Å². The maximum atomic E-state index is 5.39. The van der Waals surface area contributed by atoms with Crippen molar-refractivity contribution in [2.75, 3.05) is 6.61 Å². The summed E-state index contributed by atoms with van der Waals surface area (Å²) in [6.45, 7) is 9.72. The molecule has 1 fully saturated rings. The first-order valence-electron chi connectivity index (χ1n) is 5.32. The van der Waals surface area contributed by atoms with Gasteiger partial charge >= 0.3 is 0 Å². The van der Waals surface area contributed by atoms with Gasteiger partial charge in [-0.25, -0.2) is 0 Å². The third kappa shape index (κ3) is 6.66. The van der Waals surface area contributed by atoms with Gasteiger partial charge in [-0.05, 0) is 25.7 Å². The third-order valence-electron chi connectivity index (χ3n) is 2.23. The number of ether oxygens (including phenoxy) is 1. The van der Waals surface area contributed by atoms with Gasteiger partial charge in [-0.3, -0.25) is 0 Å². The van der Waals surface area contributed by atoms with Gasteiger partial charge in [0.1, 0.15) is 0 Å². The van der Waals surface area contributed by atoms with Crippen LogP contribution in [0.2, 0.25) is 0 Å². The van der Waals surface area contributed by atoms with Gasteiger partial charge in [-0.1, -0.05) is 33.6 Å². The molecule has 2 unspecified atom stereocenters. The van der Waals surface area contributed by atoms with E-state index in [2.05, 4.69) is 27.7 Å². The summed E-state index contributed by atoms with van der Waals surface area (Å²) >= 11 is 0. The molecule has 1 aliphatic heterocycles. The van der Waals surface area contributed by atoms with E-state index in [-0.39, 0.29) is 0 Å². The Morgan fingerprint density at radius 1 is 1.08 bits per heavy atom. The van der Waals surface area contributed by atoms with E-state index in [0.29, 0.717) is 6.10 Å². The average Bonchev–Trinajstić information content (AvgIpc) is 2.11. The minimum Gasteiger partial charge on any atom is -0.378 e. The quantitative estimate of drug-likeness (QED) is 0.587.